The van der Waals surface area contributed by atoms with Gasteiger partial charge in [-0.1, -0.05) is 13.0 Å². The molecule has 21 heavy (non-hydrogen) atoms. The summed E-state index contributed by atoms with van der Waals surface area (Å²) in [6.07, 6.45) is 4.32. The highest BCUT2D eigenvalue weighted by molar-refractivity contribution is 5.78. The van der Waals surface area contributed by atoms with Gasteiger partial charge in [-0.05, 0) is 38.2 Å². The lowest BCUT2D eigenvalue weighted by molar-refractivity contribution is 0.232. The molecule has 0 atom stereocenters. The molecule has 2 heterocycles. The maximum absolute atomic E-state index is 6.07. The zero-order chi connectivity index (χ0) is 15.2. The van der Waals surface area contributed by atoms with Gasteiger partial charge in [-0.25, -0.2) is 9.98 Å². The van der Waals surface area contributed by atoms with Crippen LogP contribution in [0.3, 0.4) is 0 Å². The van der Waals surface area contributed by atoms with E-state index in [1.54, 1.807) is 6.20 Å². The molecule has 1 fully saturated rings. The second kappa shape index (κ2) is 7.29. The van der Waals surface area contributed by atoms with Gasteiger partial charge in [0.2, 0.25) is 5.88 Å². The SMILES string of the molecule is CC1CCN(C(N)=NCc2ccc(OC(C)C)nc2)CC1. The van der Waals surface area contributed by atoms with E-state index in [0.717, 1.165) is 24.6 Å². The largest absolute Gasteiger partial charge is 0.475 e. The van der Waals surface area contributed by atoms with Crippen LogP contribution in [0.2, 0.25) is 0 Å². The number of hydrogen-bond acceptors (Lipinski definition) is 3. The molecule has 0 unspecified atom stereocenters. The fourth-order valence-corrected chi connectivity index (χ4v) is 2.33. The summed E-state index contributed by atoms with van der Waals surface area (Å²) in [6, 6.07) is 3.86. The lowest BCUT2D eigenvalue weighted by Gasteiger charge is -2.31. The number of ether oxygens (including phenoxy) is 1. The minimum absolute atomic E-state index is 0.138. The molecule has 0 spiro atoms. The van der Waals surface area contributed by atoms with Gasteiger partial charge in [0.05, 0.1) is 12.6 Å². The van der Waals surface area contributed by atoms with E-state index >= 15 is 0 Å². The highest BCUT2D eigenvalue weighted by Crippen LogP contribution is 2.16. The third-order valence-electron chi connectivity index (χ3n) is 3.69. The molecule has 2 N–H and O–H groups in total. The van der Waals surface area contributed by atoms with Gasteiger partial charge in [-0.15, -0.1) is 0 Å². The molecule has 5 heteroatoms. The number of nitrogens with two attached hydrogens (primary N) is 1. The molecule has 0 aliphatic carbocycles. The number of guanidine groups is 1. The predicted octanol–water partition coefficient (Wildman–Crippen LogP) is 2.42. The first-order valence-corrected chi connectivity index (χ1v) is 7.71. The van der Waals surface area contributed by atoms with Gasteiger partial charge in [0.1, 0.15) is 0 Å². The Morgan fingerprint density at radius 3 is 2.71 bits per heavy atom. The number of piperidine rings is 1. The van der Waals surface area contributed by atoms with Crippen molar-refractivity contribution < 1.29 is 4.74 Å². The summed E-state index contributed by atoms with van der Waals surface area (Å²) in [5, 5.41) is 0. The second-order valence-electron chi connectivity index (χ2n) is 6.02. The van der Waals surface area contributed by atoms with E-state index in [4.69, 9.17) is 10.5 Å². The predicted molar refractivity (Wildman–Crippen MR) is 85.3 cm³/mol. The number of rotatable bonds is 4. The minimum Gasteiger partial charge on any atom is -0.475 e. The summed E-state index contributed by atoms with van der Waals surface area (Å²) in [4.78, 5) is 10.9. The van der Waals surface area contributed by atoms with Crippen molar-refractivity contribution >= 4 is 5.96 Å². The average Bonchev–Trinajstić information content (AvgIpc) is 2.46. The number of likely N-dealkylation sites (tertiary alicyclic amines) is 1. The number of hydrogen-bond donors (Lipinski definition) is 1. The van der Waals surface area contributed by atoms with Gasteiger partial charge in [-0.2, -0.15) is 0 Å². The highest BCUT2D eigenvalue weighted by atomic mass is 16.5. The molecule has 2 rings (SSSR count). The molecule has 1 aromatic rings. The van der Waals surface area contributed by atoms with Crippen molar-refractivity contribution in [2.75, 3.05) is 13.1 Å². The lowest BCUT2D eigenvalue weighted by atomic mass is 10.00. The number of aromatic nitrogens is 1. The molecule has 5 nitrogen and oxygen atoms in total. The Kier molecular flexibility index (Phi) is 5.42. The summed E-state index contributed by atoms with van der Waals surface area (Å²) < 4.78 is 5.52. The van der Waals surface area contributed by atoms with Crippen molar-refractivity contribution in [3.05, 3.63) is 23.9 Å². The molecule has 1 aromatic heterocycles. The van der Waals surface area contributed by atoms with Crippen molar-refractivity contribution in [2.24, 2.45) is 16.6 Å². The molecule has 0 saturated carbocycles. The fourth-order valence-electron chi connectivity index (χ4n) is 2.33. The van der Waals surface area contributed by atoms with E-state index < -0.39 is 0 Å². The third kappa shape index (κ3) is 4.92. The summed E-state index contributed by atoms with van der Waals surface area (Å²) >= 11 is 0. The van der Waals surface area contributed by atoms with E-state index in [1.165, 1.54) is 12.8 Å². The molecule has 0 bridgehead atoms. The van der Waals surface area contributed by atoms with Crippen LogP contribution >= 0.6 is 0 Å². The normalized spacial score (nSPS) is 17.3. The Balaban J connectivity index is 1.87. The molecule has 0 amide bonds. The van der Waals surface area contributed by atoms with Crippen LogP contribution < -0.4 is 10.5 Å². The monoisotopic (exact) mass is 290 g/mol. The molecule has 116 valence electrons. The summed E-state index contributed by atoms with van der Waals surface area (Å²) in [5.41, 5.74) is 7.11. The average molecular weight is 290 g/mol. The Morgan fingerprint density at radius 2 is 2.14 bits per heavy atom. The van der Waals surface area contributed by atoms with Crippen LogP contribution in [0.5, 0.6) is 5.88 Å². The first-order chi connectivity index (χ1) is 10.0. The van der Waals surface area contributed by atoms with Crippen molar-refractivity contribution in [3.8, 4) is 5.88 Å². The zero-order valence-electron chi connectivity index (χ0n) is 13.2. The summed E-state index contributed by atoms with van der Waals surface area (Å²) in [7, 11) is 0. The second-order valence-corrected chi connectivity index (χ2v) is 6.02. The smallest absolute Gasteiger partial charge is 0.213 e. The van der Waals surface area contributed by atoms with Crippen LogP contribution in [0.25, 0.3) is 0 Å². The van der Waals surface area contributed by atoms with Crippen molar-refractivity contribution in [1.82, 2.24) is 9.88 Å². The van der Waals surface area contributed by atoms with Gasteiger partial charge in [-0.3, -0.25) is 0 Å². The van der Waals surface area contributed by atoms with Gasteiger partial charge < -0.3 is 15.4 Å². The van der Waals surface area contributed by atoms with Gasteiger partial charge in [0, 0.05) is 25.4 Å². The first-order valence-electron chi connectivity index (χ1n) is 7.71. The Morgan fingerprint density at radius 1 is 1.43 bits per heavy atom. The van der Waals surface area contributed by atoms with Crippen molar-refractivity contribution in [3.63, 3.8) is 0 Å². The number of nitrogens with zero attached hydrogens (tertiary/aromatic N) is 3. The minimum atomic E-state index is 0.138. The van der Waals surface area contributed by atoms with Crippen LogP contribution in [-0.2, 0) is 6.54 Å². The standard InChI is InChI=1S/C16H26N4O/c1-12(2)21-15-5-4-14(10-18-15)11-19-16(17)20-8-6-13(3)7-9-20/h4-5,10,12-13H,6-9,11H2,1-3H3,(H2,17,19). The van der Waals surface area contributed by atoms with E-state index in [2.05, 4.69) is 21.8 Å². The quantitative estimate of drug-likeness (QED) is 0.683. The Labute approximate surface area is 127 Å². The molecule has 1 saturated heterocycles. The van der Waals surface area contributed by atoms with E-state index in [0.29, 0.717) is 18.4 Å². The molecule has 1 aliphatic rings. The van der Waals surface area contributed by atoms with Gasteiger partial charge in [0.15, 0.2) is 5.96 Å². The van der Waals surface area contributed by atoms with Crippen LogP contribution in [0, 0.1) is 5.92 Å². The number of pyridine rings is 1. The van der Waals surface area contributed by atoms with E-state index in [1.807, 2.05) is 26.0 Å². The van der Waals surface area contributed by atoms with Gasteiger partial charge >= 0.3 is 0 Å². The maximum Gasteiger partial charge on any atom is 0.213 e. The fraction of sp³-hybridized carbons (Fsp3) is 0.625. The van der Waals surface area contributed by atoms with Crippen molar-refractivity contribution in [2.45, 2.75) is 46.3 Å². The number of aliphatic imine (C=N–C) groups is 1. The summed E-state index contributed by atoms with van der Waals surface area (Å²) in [5.74, 6) is 2.09. The molecule has 0 radical (unpaired) electrons. The third-order valence-corrected chi connectivity index (χ3v) is 3.69. The highest BCUT2D eigenvalue weighted by Gasteiger charge is 2.16. The summed E-state index contributed by atoms with van der Waals surface area (Å²) in [6.45, 7) is 8.84. The zero-order valence-corrected chi connectivity index (χ0v) is 13.2. The maximum atomic E-state index is 6.07. The van der Waals surface area contributed by atoms with E-state index in [-0.39, 0.29) is 6.10 Å². The molecular formula is C16H26N4O. The van der Waals surface area contributed by atoms with Crippen molar-refractivity contribution in [1.29, 1.82) is 0 Å². The lowest BCUT2D eigenvalue weighted by Crippen LogP contribution is -2.42. The molecule has 1 aliphatic heterocycles. The topological polar surface area (TPSA) is 63.7 Å². The van der Waals surface area contributed by atoms with E-state index in [9.17, 15) is 0 Å². The first kappa shape index (κ1) is 15.6. The van der Waals surface area contributed by atoms with Gasteiger partial charge in [0.25, 0.3) is 0 Å². The van der Waals surface area contributed by atoms with Crippen LogP contribution in [0.1, 0.15) is 39.2 Å². The van der Waals surface area contributed by atoms with Crippen LogP contribution in [-0.4, -0.2) is 35.0 Å². The molecular weight excluding hydrogens is 264 g/mol. The Hall–Kier alpha value is -1.78. The molecule has 0 aromatic carbocycles. The van der Waals surface area contributed by atoms with Crippen LogP contribution in [0.4, 0.5) is 0 Å². The van der Waals surface area contributed by atoms with Crippen LogP contribution in [0.15, 0.2) is 23.3 Å². The Bertz CT molecular complexity index is 462.